The molecule has 0 bridgehead atoms. The predicted octanol–water partition coefficient (Wildman–Crippen LogP) is 1.06. The molecule has 20 heavy (non-hydrogen) atoms. The fourth-order valence-electron chi connectivity index (χ4n) is 2.38. The summed E-state index contributed by atoms with van der Waals surface area (Å²) in [4.78, 5) is 11.0. The first kappa shape index (κ1) is 17.4. The fourth-order valence-corrected chi connectivity index (χ4v) is 2.38. The molecule has 3 atom stereocenters. The van der Waals surface area contributed by atoms with Crippen LogP contribution in [0.4, 0.5) is 0 Å². The maximum atomic E-state index is 11.0. The summed E-state index contributed by atoms with van der Waals surface area (Å²) < 4.78 is 5.61. The zero-order valence-electron chi connectivity index (χ0n) is 12.9. The van der Waals surface area contributed by atoms with Crippen LogP contribution in [-0.2, 0) is 9.53 Å². The number of nitrogens with one attached hydrogen (secondary N) is 2. The van der Waals surface area contributed by atoms with Crippen molar-refractivity contribution in [2.24, 2.45) is 5.92 Å². The van der Waals surface area contributed by atoms with Gasteiger partial charge in [-0.25, -0.2) is 0 Å². The van der Waals surface area contributed by atoms with Crippen molar-refractivity contribution in [3.8, 4) is 0 Å². The molecule has 0 aromatic rings. The molecule has 1 fully saturated rings. The number of carbonyl (C=O) groups is 1. The maximum absolute atomic E-state index is 11.0. The van der Waals surface area contributed by atoms with E-state index >= 15 is 0 Å². The van der Waals surface area contributed by atoms with Crippen LogP contribution in [0, 0.1) is 5.92 Å². The van der Waals surface area contributed by atoms with E-state index in [4.69, 9.17) is 4.74 Å². The quantitative estimate of drug-likeness (QED) is 0.531. The highest BCUT2D eigenvalue weighted by atomic mass is 16.5. The van der Waals surface area contributed by atoms with E-state index in [0.717, 1.165) is 13.0 Å². The van der Waals surface area contributed by atoms with E-state index in [2.05, 4.69) is 24.5 Å². The smallest absolute Gasteiger partial charge is 0.221 e. The molecule has 1 rings (SSSR count). The second kappa shape index (κ2) is 10.1. The number of aliphatic hydroxyl groups is 1. The van der Waals surface area contributed by atoms with Gasteiger partial charge in [-0.3, -0.25) is 4.79 Å². The zero-order valence-corrected chi connectivity index (χ0v) is 12.9. The summed E-state index contributed by atoms with van der Waals surface area (Å²) >= 11 is 0. The number of carbonyl (C=O) groups excluding carboxylic acids is 1. The molecule has 3 unspecified atom stereocenters. The van der Waals surface area contributed by atoms with Crippen LogP contribution in [0.2, 0.25) is 0 Å². The van der Waals surface area contributed by atoms with Gasteiger partial charge >= 0.3 is 0 Å². The van der Waals surface area contributed by atoms with E-state index in [9.17, 15) is 9.90 Å². The minimum absolute atomic E-state index is 0.0787. The van der Waals surface area contributed by atoms with Crippen molar-refractivity contribution in [3.05, 3.63) is 0 Å². The number of unbranched alkanes of at least 4 members (excludes halogenated alkanes) is 1. The molecule has 0 aromatic heterocycles. The van der Waals surface area contributed by atoms with Crippen LogP contribution in [-0.4, -0.2) is 49.5 Å². The molecule has 1 amide bonds. The first-order chi connectivity index (χ1) is 9.65. The number of hydrogen-bond acceptors (Lipinski definition) is 4. The lowest BCUT2D eigenvalue weighted by Gasteiger charge is -2.18. The molecule has 1 heterocycles. The Balaban J connectivity index is 2.04. The predicted molar refractivity (Wildman–Crippen MR) is 79.5 cm³/mol. The van der Waals surface area contributed by atoms with Gasteiger partial charge in [0.15, 0.2) is 0 Å². The van der Waals surface area contributed by atoms with Gasteiger partial charge in [0.25, 0.3) is 0 Å². The van der Waals surface area contributed by atoms with Crippen LogP contribution in [0.25, 0.3) is 0 Å². The molecule has 5 nitrogen and oxygen atoms in total. The Morgan fingerprint density at radius 1 is 1.45 bits per heavy atom. The van der Waals surface area contributed by atoms with Gasteiger partial charge in [-0.1, -0.05) is 33.1 Å². The molecule has 0 saturated carbocycles. The van der Waals surface area contributed by atoms with Gasteiger partial charge in [0.2, 0.25) is 5.91 Å². The van der Waals surface area contributed by atoms with Crippen molar-refractivity contribution in [1.29, 1.82) is 0 Å². The fraction of sp³-hybridized carbons (Fsp3) is 0.933. The number of amides is 1. The van der Waals surface area contributed by atoms with Crippen molar-refractivity contribution in [2.75, 3.05) is 26.3 Å². The first-order valence-corrected chi connectivity index (χ1v) is 7.91. The average molecular weight is 286 g/mol. The van der Waals surface area contributed by atoms with E-state index in [0.29, 0.717) is 32.0 Å². The summed E-state index contributed by atoms with van der Waals surface area (Å²) in [6, 6.07) is 0.144. The molecule has 0 spiro atoms. The minimum atomic E-state index is -0.505. The highest BCUT2D eigenvalue weighted by Crippen LogP contribution is 2.12. The molecule has 3 N–H and O–H groups in total. The topological polar surface area (TPSA) is 70.6 Å². The highest BCUT2D eigenvalue weighted by Gasteiger charge is 2.21. The summed E-state index contributed by atoms with van der Waals surface area (Å²) in [5.41, 5.74) is 0. The number of rotatable bonds is 11. The summed E-state index contributed by atoms with van der Waals surface area (Å²) in [5.74, 6) is 0.682. The first-order valence-electron chi connectivity index (χ1n) is 7.91. The average Bonchev–Trinajstić information content (AvgIpc) is 2.86. The summed E-state index contributed by atoms with van der Waals surface area (Å²) in [6.45, 7) is 6.62. The van der Waals surface area contributed by atoms with Gasteiger partial charge in [0, 0.05) is 32.2 Å². The van der Waals surface area contributed by atoms with Crippen molar-refractivity contribution in [1.82, 2.24) is 10.6 Å². The molecule has 1 aliphatic rings. The normalized spacial score (nSPS) is 21.8. The van der Waals surface area contributed by atoms with Crippen LogP contribution in [0.5, 0.6) is 0 Å². The molecule has 5 heteroatoms. The van der Waals surface area contributed by atoms with Gasteiger partial charge in [-0.05, 0) is 12.3 Å². The summed E-state index contributed by atoms with van der Waals surface area (Å²) in [5, 5.41) is 15.8. The van der Waals surface area contributed by atoms with Gasteiger partial charge in [0.05, 0.1) is 12.7 Å². The number of aliphatic hydroxyl groups excluding tert-OH is 1. The SMILES string of the molecule is CCCCC(CC)COCC(O)CNC1CNC(=O)C1. The van der Waals surface area contributed by atoms with Crippen LogP contribution >= 0.6 is 0 Å². The second-order valence-electron chi connectivity index (χ2n) is 5.72. The van der Waals surface area contributed by atoms with Gasteiger partial charge in [-0.2, -0.15) is 0 Å². The Hall–Kier alpha value is -0.650. The highest BCUT2D eigenvalue weighted by molar-refractivity contribution is 5.78. The van der Waals surface area contributed by atoms with Crippen LogP contribution < -0.4 is 10.6 Å². The number of hydrogen-bond donors (Lipinski definition) is 3. The molecule has 1 saturated heterocycles. The molecule has 0 aliphatic carbocycles. The molecule has 1 aliphatic heterocycles. The Morgan fingerprint density at radius 3 is 2.85 bits per heavy atom. The van der Waals surface area contributed by atoms with E-state index in [1.54, 1.807) is 0 Å². The lowest BCUT2D eigenvalue weighted by molar-refractivity contribution is -0.119. The van der Waals surface area contributed by atoms with Crippen molar-refractivity contribution < 1.29 is 14.6 Å². The van der Waals surface area contributed by atoms with E-state index in [-0.39, 0.29) is 11.9 Å². The van der Waals surface area contributed by atoms with Crippen molar-refractivity contribution >= 4 is 5.91 Å². The molecule has 118 valence electrons. The Morgan fingerprint density at radius 2 is 2.25 bits per heavy atom. The Kier molecular flexibility index (Phi) is 8.82. The lowest BCUT2D eigenvalue weighted by atomic mass is 10.0. The third-order valence-corrected chi connectivity index (χ3v) is 3.83. The minimum Gasteiger partial charge on any atom is -0.389 e. The Bertz CT molecular complexity index is 274. The molecular formula is C15H30N2O3. The number of ether oxygens (including phenoxy) is 1. The summed E-state index contributed by atoms with van der Waals surface area (Å²) in [7, 11) is 0. The lowest BCUT2D eigenvalue weighted by Crippen LogP contribution is -2.38. The standard InChI is InChI=1S/C15H30N2O3/c1-3-5-6-12(4-2)10-20-11-14(18)9-16-13-7-15(19)17-8-13/h12-14,16,18H,3-11H2,1-2H3,(H,17,19). The molecule has 0 radical (unpaired) electrons. The van der Waals surface area contributed by atoms with Crippen LogP contribution in [0.1, 0.15) is 46.0 Å². The Labute approximate surface area is 122 Å². The largest absolute Gasteiger partial charge is 0.389 e. The zero-order chi connectivity index (χ0) is 14.8. The third-order valence-electron chi connectivity index (χ3n) is 3.83. The van der Waals surface area contributed by atoms with Crippen LogP contribution in [0.15, 0.2) is 0 Å². The maximum Gasteiger partial charge on any atom is 0.221 e. The van der Waals surface area contributed by atoms with E-state index in [1.807, 2.05) is 0 Å². The van der Waals surface area contributed by atoms with E-state index in [1.165, 1.54) is 19.3 Å². The van der Waals surface area contributed by atoms with Crippen molar-refractivity contribution in [2.45, 2.75) is 58.1 Å². The van der Waals surface area contributed by atoms with Crippen LogP contribution in [0.3, 0.4) is 0 Å². The molecular weight excluding hydrogens is 256 g/mol. The van der Waals surface area contributed by atoms with Gasteiger partial charge in [-0.15, -0.1) is 0 Å². The van der Waals surface area contributed by atoms with Gasteiger partial charge < -0.3 is 20.5 Å². The molecule has 0 aromatic carbocycles. The monoisotopic (exact) mass is 286 g/mol. The van der Waals surface area contributed by atoms with Gasteiger partial charge in [0.1, 0.15) is 0 Å². The third kappa shape index (κ3) is 7.22. The second-order valence-corrected chi connectivity index (χ2v) is 5.72. The summed E-state index contributed by atoms with van der Waals surface area (Å²) in [6.07, 6.45) is 4.80. The van der Waals surface area contributed by atoms with Crippen molar-refractivity contribution in [3.63, 3.8) is 0 Å². The van der Waals surface area contributed by atoms with E-state index < -0.39 is 6.10 Å².